The van der Waals surface area contributed by atoms with Crippen molar-refractivity contribution in [3.63, 3.8) is 0 Å². The number of hydrogen-bond acceptors (Lipinski definition) is 4. The molecule has 0 spiro atoms. The predicted octanol–water partition coefficient (Wildman–Crippen LogP) is 4.84. The first-order valence-corrected chi connectivity index (χ1v) is 9.71. The number of nitriles is 1. The molecule has 1 atom stereocenters. The third-order valence-corrected chi connectivity index (χ3v) is 5.15. The predicted molar refractivity (Wildman–Crippen MR) is 108 cm³/mol. The van der Waals surface area contributed by atoms with Crippen LogP contribution in [0.15, 0.2) is 35.7 Å². The van der Waals surface area contributed by atoms with Crippen LogP contribution in [-0.2, 0) is 10.2 Å². The van der Waals surface area contributed by atoms with Crippen LogP contribution in [0.4, 0.5) is 5.00 Å². The Labute approximate surface area is 160 Å². The van der Waals surface area contributed by atoms with Crippen molar-refractivity contribution in [2.24, 2.45) is 5.92 Å². The summed E-state index contributed by atoms with van der Waals surface area (Å²) in [4.78, 5) is 12.2. The molecule has 1 amide bonds. The highest BCUT2D eigenvalue weighted by molar-refractivity contribution is 7.14. The van der Waals surface area contributed by atoms with E-state index < -0.39 is 0 Å². The molecular weight excluding hydrogens is 342 g/mol. The van der Waals surface area contributed by atoms with Gasteiger partial charge in [0, 0.05) is 6.04 Å². The minimum atomic E-state index is -0.138. The van der Waals surface area contributed by atoms with E-state index in [1.54, 1.807) is 11.4 Å². The number of carbonyl (C=O) groups excluding carboxylic acids is 1. The SMILES string of the molecule is CC(C)C(NCC(=O)Nc1sccc1C#N)c1ccc(C(C)(C)C)cc1. The summed E-state index contributed by atoms with van der Waals surface area (Å²) in [5, 5.41) is 17.6. The van der Waals surface area contributed by atoms with E-state index >= 15 is 0 Å². The molecule has 5 heteroatoms. The number of rotatable bonds is 6. The van der Waals surface area contributed by atoms with Gasteiger partial charge < -0.3 is 10.6 Å². The van der Waals surface area contributed by atoms with E-state index in [0.717, 1.165) is 0 Å². The van der Waals surface area contributed by atoms with Gasteiger partial charge in [-0.15, -0.1) is 11.3 Å². The Morgan fingerprint density at radius 1 is 1.19 bits per heavy atom. The highest BCUT2D eigenvalue weighted by Crippen LogP contribution is 2.27. The molecule has 0 radical (unpaired) electrons. The van der Waals surface area contributed by atoms with Crippen LogP contribution in [0.25, 0.3) is 0 Å². The van der Waals surface area contributed by atoms with Crippen molar-refractivity contribution in [3.8, 4) is 6.07 Å². The second kappa shape index (κ2) is 8.48. The molecular formula is C21H27N3OS. The summed E-state index contributed by atoms with van der Waals surface area (Å²) >= 11 is 1.36. The molecule has 0 aliphatic rings. The van der Waals surface area contributed by atoms with Crippen molar-refractivity contribution in [1.82, 2.24) is 5.32 Å². The Kier molecular flexibility index (Phi) is 6.57. The smallest absolute Gasteiger partial charge is 0.238 e. The molecule has 0 bridgehead atoms. The zero-order valence-corrected chi connectivity index (χ0v) is 16.9. The van der Waals surface area contributed by atoms with E-state index in [-0.39, 0.29) is 23.9 Å². The maximum Gasteiger partial charge on any atom is 0.238 e. The van der Waals surface area contributed by atoms with E-state index in [4.69, 9.17) is 5.26 Å². The van der Waals surface area contributed by atoms with Crippen molar-refractivity contribution in [3.05, 3.63) is 52.4 Å². The molecule has 2 rings (SSSR count). The summed E-state index contributed by atoms with van der Waals surface area (Å²) in [6.07, 6.45) is 0. The third-order valence-electron chi connectivity index (χ3n) is 4.32. The molecule has 0 aliphatic carbocycles. The van der Waals surface area contributed by atoms with Crippen LogP contribution in [0.2, 0.25) is 0 Å². The standard InChI is InChI=1S/C21H27N3OS/c1-14(2)19(15-6-8-17(9-7-15)21(3,4)5)23-13-18(25)24-20-16(12-22)10-11-26-20/h6-11,14,19,23H,13H2,1-5H3,(H,24,25). The molecule has 0 saturated heterocycles. The van der Waals surface area contributed by atoms with Crippen LogP contribution in [0, 0.1) is 17.2 Å². The van der Waals surface area contributed by atoms with Crippen molar-refractivity contribution < 1.29 is 4.79 Å². The molecule has 0 saturated carbocycles. The Morgan fingerprint density at radius 3 is 2.38 bits per heavy atom. The maximum atomic E-state index is 12.2. The molecule has 2 N–H and O–H groups in total. The summed E-state index contributed by atoms with van der Waals surface area (Å²) in [6, 6.07) is 12.5. The Hall–Kier alpha value is -2.16. The van der Waals surface area contributed by atoms with Gasteiger partial charge in [-0.25, -0.2) is 0 Å². The van der Waals surface area contributed by atoms with Crippen molar-refractivity contribution in [2.45, 2.75) is 46.1 Å². The fraction of sp³-hybridized carbons (Fsp3) is 0.429. The first-order chi connectivity index (χ1) is 12.2. The fourth-order valence-electron chi connectivity index (χ4n) is 2.80. The largest absolute Gasteiger partial charge is 0.315 e. The van der Waals surface area contributed by atoms with Crippen molar-refractivity contribution in [1.29, 1.82) is 5.26 Å². The molecule has 1 unspecified atom stereocenters. The summed E-state index contributed by atoms with van der Waals surface area (Å²) < 4.78 is 0. The third kappa shape index (κ3) is 5.17. The highest BCUT2D eigenvalue weighted by Gasteiger charge is 2.19. The quantitative estimate of drug-likeness (QED) is 0.765. The van der Waals surface area contributed by atoms with Gasteiger partial charge in [0.05, 0.1) is 12.1 Å². The Morgan fingerprint density at radius 2 is 1.85 bits per heavy atom. The number of anilines is 1. The van der Waals surface area contributed by atoms with Gasteiger partial charge in [0.25, 0.3) is 0 Å². The molecule has 0 aliphatic heterocycles. The van der Waals surface area contributed by atoms with E-state index in [1.165, 1.54) is 22.5 Å². The van der Waals surface area contributed by atoms with Gasteiger partial charge in [0.1, 0.15) is 11.1 Å². The highest BCUT2D eigenvalue weighted by atomic mass is 32.1. The topological polar surface area (TPSA) is 64.9 Å². The summed E-state index contributed by atoms with van der Waals surface area (Å²) in [5.41, 5.74) is 3.10. The van der Waals surface area contributed by atoms with E-state index in [0.29, 0.717) is 16.5 Å². The first-order valence-electron chi connectivity index (χ1n) is 8.83. The summed E-state index contributed by atoms with van der Waals surface area (Å²) in [5.74, 6) is 0.209. The first kappa shape index (κ1) is 20.2. The van der Waals surface area contributed by atoms with Crippen LogP contribution in [0.3, 0.4) is 0 Å². The van der Waals surface area contributed by atoms with E-state index in [9.17, 15) is 4.79 Å². The minimum absolute atomic E-state index is 0.0912. The second-order valence-corrected chi connectivity index (χ2v) is 8.71. The monoisotopic (exact) mass is 369 g/mol. The van der Waals surface area contributed by atoms with Crippen LogP contribution < -0.4 is 10.6 Å². The molecule has 4 nitrogen and oxygen atoms in total. The number of amides is 1. The number of carbonyl (C=O) groups is 1. The fourth-order valence-corrected chi connectivity index (χ4v) is 3.55. The van der Waals surface area contributed by atoms with Crippen LogP contribution in [-0.4, -0.2) is 12.5 Å². The van der Waals surface area contributed by atoms with Gasteiger partial charge in [-0.1, -0.05) is 58.9 Å². The average Bonchev–Trinajstić information content (AvgIpc) is 3.01. The van der Waals surface area contributed by atoms with Gasteiger partial charge in [-0.3, -0.25) is 4.79 Å². The number of benzene rings is 1. The molecule has 1 heterocycles. The number of thiophene rings is 1. The van der Waals surface area contributed by atoms with Gasteiger partial charge in [0.15, 0.2) is 0 Å². The molecule has 26 heavy (non-hydrogen) atoms. The molecule has 138 valence electrons. The maximum absolute atomic E-state index is 12.2. The normalized spacial score (nSPS) is 12.7. The van der Waals surface area contributed by atoms with Crippen LogP contribution in [0.1, 0.15) is 57.4 Å². The molecule has 2 aromatic rings. The van der Waals surface area contributed by atoms with Gasteiger partial charge in [-0.05, 0) is 33.9 Å². The lowest BCUT2D eigenvalue weighted by Gasteiger charge is -2.25. The lowest BCUT2D eigenvalue weighted by Crippen LogP contribution is -2.33. The number of hydrogen-bond donors (Lipinski definition) is 2. The Balaban J connectivity index is 2.02. The lowest BCUT2D eigenvalue weighted by atomic mass is 9.85. The number of nitrogens with zero attached hydrogens (tertiary/aromatic N) is 1. The second-order valence-electron chi connectivity index (χ2n) is 7.80. The molecule has 0 fully saturated rings. The van der Waals surface area contributed by atoms with E-state index in [1.807, 2.05) is 0 Å². The van der Waals surface area contributed by atoms with Crippen molar-refractivity contribution >= 4 is 22.2 Å². The summed E-state index contributed by atoms with van der Waals surface area (Å²) in [6.45, 7) is 11.1. The van der Waals surface area contributed by atoms with Crippen LogP contribution in [0.5, 0.6) is 0 Å². The van der Waals surface area contributed by atoms with E-state index in [2.05, 4.69) is 75.6 Å². The van der Waals surface area contributed by atoms with Gasteiger partial charge >= 0.3 is 0 Å². The van der Waals surface area contributed by atoms with Gasteiger partial charge in [0.2, 0.25) is 5.91 Å². The summed E-state index contributed by atoms with van der Waals surface area (Å²) in [7, 11) is 0. The lowest BCUT2D eigenvalue weighted by molar-refractivity contribution is -0.115. The zero-order valence-electron chi connectivity index (χ0n) is 16.1. The van der Waals surface area contributed by atoms with Crippen LogP contribution >= 0.6 is 11.3 Å². The molecule has 1 aromatic carbocycles. The molecule has 1 aromatic heterocycles. The van der Waals surface area contributed by atoms with Crippen molar-refractivity contribution in [2.75, 3.05) is 11.9 Å². The minimum Gasteiger partial charge on any atom is -0.315 e. The van der Waals surface area contributed by atoms with Gasteiger partial charge in [-0.2, -0.15) is 5.26 Å². The average molecular weight is 370 g/mol. The number of nitrogens with one attached hydrogen (secondary N) is 2. The Bertz CT molecular complexity index is 779. The zero-order chi connectivity index (χ0) is 19.3.